The summed E-state index contributed by atoms with van der Waals surface area (Å²) in [6.07, 6.45) is 2.79. The molecule has 2 heterocycles. The smallest absolute Gasteiger partial charge is 0.414 e. The quantitative estimate of drug-likeness (QED) is 0.711. The number of cyclic esters (lactones) is 1. The first-order chi connectivity index (χ1) is 13.6. The van der Waals surface area contributed by atoms with Crippen molar-refractivity contribution in [2.24, 2.45) is 0 Å². The van der Waals surface area contributed by atoms with Gasteiger partial charge < -0.3 is 10.1 Å². The van der Waals surface area contributed by atoms with E-state index in [1.807, 2.05) is 24.3 Å². The number of nitrogens with one attached hydrogen (secondary N) is 1. The lowest BCUT2D eigenvalue weighted by atomic mass is 10.2. The van der Waals surface area contributed by atoms with Crippen LogP contribution in [-0.4, -0.2) is 34.9 Å². The normalized spacial score (nSPS) is 13.5. The van der Waals surface area contributed by atoms with E-state index in [0.717, 1.165) is 5.56 Å². The van der Waals surface area contributed by atoms with Crippen LogP contribution in [-0.2, 0) is 11.3 Å². The summed E-state index contributed by atoms with van der Waals surface area (Å²) < 4.78 is 6.61. The van der Waals surface area contributed by atoms with Gasteiger partial charge in [0.1, 0.15) is 6.61 Å². The van der Waals surface area contributed by atoms with Gasteiger partial charge in [0, 0.05) is 22.6 Å². The van der Waals surface area contributed by atoms with Gasteiger partial charge in [0.25, 0.3) is 5.91 Å². The molecule has 0 radical (unpaired) electrons. The van der Waals surface area contributed by atoms with Crippen molar-refractivity contribution in [3.63, 3.8) is 0 Å². The number of hydrogen-bond donors (Lipinski definition) is 1. The van der Waals surface area contributed by atoms with Gasteiger partial charge in [0.2, 0.25) is 0 Å². The Labute approximate surface area is 166 Å². The van der Waals surface area contributed by atoms with E-state index in [1.54, 1.807) is 35.1 Å². The number of halogens is 1. The number of amides is 2. The second-order valence-corrected chi connectivity index (χ2v) is 6.70. The highest BCUT2D eigenvalue weighted by Gasteiger charge is 2.23. The van der Waals surface area contributed by atoms with Crippen molar-refractivity contribution in [1.29, 1.82) is 0 Å². The molecular weight excluding hydrogens is 380 g/mol. The van der Waals surface area contributed by atoms with Crippen LogP contribution in [0.1, 0.15) is 15.9 Å². The Hall–Kier alpha value is -3.32. The number of rotatable bonds is 5. The van der Waals surface area contributed by atoms with E-state index in [1.165, 1.54) is 11.1 Å². The summed E-state index contributed by atoms with van der Waals surface area (Å²) in [5.74, 6) is -0.286. The van der Waals surface area contributed by atoms with Crippen LogP contribution in [0.3, 0.4) is 0 Å². The number of carbonyl (C=O) groups excluding carboxylic acids is 2. The molecule has 28 heavy (non-hydrogen) atoms. The minimum atomic E-state index is -0.385. The lowest BCUT2D eigenvalue weighted by Gasteiger charge is -2.14. The van der Waals surface area contributed by atoms with Gasteiger partial charge in [-0.05, 0) is 29.8 Å². The Kier molecular flexibility index (Phi) is 4.99. The van der Waals surface area contributed by atoms with Crippen molar-refractivity contribution in [2.45, 2.75) is 6.54 Å². The van der Waals surface area contributed by atoms with Crippen LogP contribution in [0.5, 0.6) is 0 Å². The molecule has 2 aromatic carbocycles. The van der Waals surface area contributed by atoms with Gasteiger partial charge in [0.15, 0.2) is 0 Å². The van der Waals surface area contributed by atoms with Gasteiger partial charge >= 0.3 is 6.09 Å². The number of aromatic nitrogens is 2. The highest BCUT2D eigenvalue weighted by atomic mass is 35.5. The molecule has 0 aliphatic carbocycles. The minimum absolute atomic E-state index is 0.286. The van der Waals surface area contributed by atoms with E-state index in [9.17, 15) is 9.59 Å². The van der Waals surface area contributed by atoms with Crippen LogP contribution in [0.2, 0.25) is 5.02 Å². The third kappa shape index (κ3) is 3.84. The van der Waals surface area contributed by atoms with Gasteiger partial charge in [-0.25, -0.2) is 4.79 Å². The van der Waals surface area contributed by atoms with Crippen molar-refractivity contribution < 1.29 is 14.3 Å². The molecular formula is C20H17ClN4O3. The Morgan fingerprint density at radius 3 is 2.86 bits per heavy atom. The molecule has 0 atom stereocenters. The van der Waals surface area contributed by atoms with Gasteiger partial charge in [-0.3, -0.25) is 14.4 Å². The Bertz CT molecular complexity index is 1030. The van der Waals surface area contributed by atoms with E-state index in [-0.39, 0.29) is 12.0 Å². The van der Waals surface area contributed by atoms with Gasteiger partial charge in [0.05, 0.1) is 24.8 Å². The van der Waals surface area contributed by atoms with Crippen molar-refractivity contribution >= 4 is 35.0 Å². The molecule has 0 spiro atoms. The average molecular weight is 397 g/mol. The fraction of sp³-hybridized carbons (Fsp3) is 0.150. The van der Waals surface area contributed by atoms with E-state index in [0.29, 0.717) is 41.7 Å². The predicted molar refractivity (Wildman–Crippen MR) is 106 cm³/mol. The number of anilines is 2. The zero-order valence-electron chi connectivity index (χ0n) is 14.8. The molecule has 0 bridgehead atoms. The van der Waals surface area contributed by atoms with E-state index in [4.69, 9.17) is 16.3 Å². The van der Waals surface area contributed by atoms with Crippen molar-refractivity contribution in [2.75, 3.05) is 23.4 Å². The summed E-state index contributed by atoms with van der Waals surface area (Å²) in [5, 5.41) is 7.72. The molecule has 8 heteroatoms. The molecule has 0 unspecified atom stereocenters. The van der Waals surface area contributed by atoms with Crippen LogP contribution in [0.25, 0.3) is 0 Å². The predicted octanol–water partition coefficient (Wildman–Crippen LogP) is 3.79. The maximum atomic E-state index is 12.5. The Morgan fingerprint density at radius 2 is 2.07 bits per heavy atom. The zero-order valence-corrected chi connectivity index (χ0v) is 15.6. The van der Waals surface area contributed by atoms with Crippen LogP contribution in [0.4, 0.5) is 16.2 Å². The Morgan fingerprint density at radius 1 is 1.21 bits per heavy atom. The second-order valence-electron chi connectivity index (χ2n) is 6.29. The zero-order chi connectivity index (χ0) is 19.5. The molecule has 7 nitrogen and oxygen atoms in total. The average Bonchev–Trinajstić information content (AvgIpc) is 3.33. The van der Waals surface area contributed by atoms with Crippen LogP contribution in [0, 0.1) is 0 Å². The minimum Gasteiger partial charge on any atom is -0.447 e. The first-order valence-corrected chi connectivity index (χ1v) is 9.09. The number of nitrogens with zero attached hydrogens (tertiary/aromatic N) is 3. The van der Waals surface area contributed by atoms with E-state index < -0.39 is 0 Å². The molecule has 1 N–H and O–H groups in total. The molecule has 3 aromatic rings. The van der Waals surface area contributed by atoms with Crippen LogP contribution in [0.15, 0.2) is 60.9 Å². The summed E-state index contributed by atoms with van der Waals surface area (Å²) in [7, 11) is 0. The highest BCUT2D eigenvalue weighted by Crippen LogP contribution is 2.23. The first kappa shape index (κ1) is 18.1. The number of ether oxygens (including phenoxy) is 1. The lowest BCUT2D eigenvalue weighted by molar-refractivity contribution is 0.102. The molecule has 0 saturated carbocycles. The topological polar surface area (TPSA) is 76.5 Å². The maximum Gasteiger partial charge on any atom is 0.414 e. The maximum absolute atomic E-state index is 12.5. The first-order valence-electron chi connectivity index (χ1n) is 8.72. The molecule has 1 aliphatic heterocycles. The molecule has 1 saturated heterocycles. The standard InChI is InChI=1S/C20H17ClN4O3/c21-18-7-2-1-4-14(18)12-24-13-15(11-22-24)19(26)23-16-5-3-6-17(10-16)25-8-9-28-20(25)27/h1-7,10-11,13H,8-9,12H2,(H,23,26). The number of benzene rings is 2. The molecule has 1 aromatic heterocycles. The SMILES string of the molecule is O=C(Nc1cccc(N2CCOC2=O)c1)c1cnn(Cc2ccccc2Cl)c1. The third-order valence-corrected chi connectivity index (χ3v) is 4.73. The van der Waals surface area contributed by atoms with Gasteiger partial charge in [-0.15, -0.1) is 0 Å². The van der Waals surface area contributed by atoms with Crippen LogP contribution < -0.4 is 10.2 Å². The number of carbonyl (C=O) groups is 2. The largest absolute Gasteiger partial charge is 0.447 e. The summed E-state index contributed by atoms with van der Waals surface area (Å²) in [4.78, 5) is 25.8. The molecule has 1 fully saturated rings. The summed E-state index contributed by atoms with van der Waals surface area (Å²) in [6, 6.07) is 14.6. The number of hydrogen-bond acceptors (Lipinski definition) is 4. The highest BCUT2D eigenvalue weighted by molar-refractivity contribution is 6.31. The van der Waals surface area contributed by atoms with Crippen LogP contribution >= 0.6 is 11.6 Å². The third-order valence-electron chi connectivity index (χ3n) is 4.36. The van der Waals surface area contributed by atoms with E-state index >= 15 is 0 Å². The molecule has 2 amide bonds. The summed E-state index contributed by atoms with van der Waals surface area (Å²) >= 11 is 6.17. The molecule has 1 aliphatic rings. The molecule has 4 rings (SSSR count). The Balaban J connectivity index is 1.45. The van der Waals surface area contributed by atoms with E-state index in [2.05, 4.69) is 10.4 Å². The second kappa shape index (κ2) is 7.74. The van der Waals surface area contributed by atoms with Crippen molar-refractivity contribution in [3.05, 3.63) is 77.1 Å². The molecule has 142 valence electrons. The van der Waals surface area contributed by atoms with Gasteiger partial charge in [-0.1, -0.05) is 35.9 Å². The fourth-order valence-electron chi connectivity index (χ4n) is 2.95. The summed E-state index contributed by atoms with van der Waals surface area (Å²) in [5.41, 5.74) is 2.61. The van der Waals surface area contributed by atoms with Crippen molar-refractivity contribution in [3.8, 4) is 0 Å². The summed E-state index contributed by atoms with van der Waals surface area (Å²) in [6.45, 7) is 1.32. The van der Waals surface area contributed by atoms with Gasteiger partial charge in [-0.2, -0.15) is 5.10 Å². The van der Waals surface area contributed by atoms with Crippen molar-refractivity contribution in [1.82, 2.24) is 9.78 Å². The lowest BCUT2D eigenvalue weighted by Crippen LogP contribution is -2.23. The fourth-order valence-corrected chi connectivity index (χ4v) is 3.15. The monoisotopic (exact) mass is 396 g/mol.